The predicted octanol–water partition coefficient (Wildman–Crippen LogP) is 1.23. The maximum absolute atomic E-state index is 12.1. The minimum Gasteiger partial charge on any atom is -0.391 e. The van der Waals surface area contributed by atoms with Gasteiger partial charge in [-0.25, -0.2) is 0 Å². The van der Waals surface area contributed by atoms with E-state index >= 15 is 0 Å². The average molecular weight is 270 g/mol. The molecule has 1 amide bonds. The van der Waals surface area contributed by atoms with Crippen LogP contribution in [-0.4, -0.2) is 42.5 Å². The zero-order chi connectivity index (χ0) is 14.4. The van der Waals surface area contributed by atoms with Gasteiger partial charge in [0.05, 0.1) is 18.4 Å². The van der Waals surface area contributed by atoms with E-state index in [4.69, 9.17) is 9.26 Å². The molecular formula is C13H22N2O4. The van der Waals surface area contributed by atoms with Crippen molar-refractivity contribution in [3.8, 4) is 0 Å². The second kappa shape index (κ2) is 7.25. The van der Waals surface area contributed by atoms with E-state index in [1.165, 1.54) is 7.11 Å². The molecule has 0 saturated carbocycles. The third kappa shape index (κ3) is 4.33. The number of nitrogens with zero attached hydrogens (tertiary/aromatic N) is 1. The summed E-state index contributed by atoms with van der Waals surface area (Å²) in [4.78, 5) is 12.1. The van der Waals surface area contributed by atoms with Crippen molar-refractivity contribution in [1.82, 2.24) is 10.5 Å². The molecule has 1 heterocycles. The van der Waals surface area contributed by atoms with Crippen LogP contribution in [0.2, 0.25) is 0 Å². The molecule has 0 aliphatic carbocycles. The minimum absolute atomic E-state index is 0.0982. The van der Waals surface area contributed by atoms with Crippen LogP contribution in [0.4, 0.5) is 0 Å². The van der Waals surface area contributed by atoms with Crippen LogP contribution in [0.15, 0.2) is 4.52 Å². The van der Waals surface area contributed by atoms with E-state index in [0.717, 1.165) is 0 Å². The lowest BCUT2D eigenvalue weighted by Gasteiger charge is -2.10. The van der Waals surface area contributed by atoms with E-state index in [1.54, 1.807) is 6.92 Å². The number of amides is 1. The van der Waals surface area contributed by atoms with Crippen molar-refractivity contribution in [2.75, 3.05) is 20.3 Å². The molecule has 6 heteroatoms. The first-order valence-electron chi connectivity index (χ1n) is 6.38. The summed E-state index contributed by atoms with van der Waals surface area (Å²) in [6, 6.07) is 0. The van der Waals surface area contributed by atoms with Gasteiger partial charge in [0.2, 0.25) is 0 Å². The molecule has 108 valence electrons. The third-order valence-electron chi connectivity index (χ3n) is 2.76. The fourth-order valence-electron chi connectivity index (χ4n) is 1.77. The third-order valence-corrected chi connectivity index (χ3v) is 2.76. The summed E-state index contributed by atoms with van der Waals surface area (Å²) in [6.07, 6.45) is -0.126. The van der Waals surface area contributed by atoms with E-state index in [0.29, 0.717) is 30.0 Å². The van der Waals surface area contributed by atoms with Crippen LogP contribution in [0, 0.1) is 6.92 Å². The molecule has 6 nitrogen and oxygen atoms in total. The number of methoxy groups -OCH3 is 1. The molecule has 1 aromatic heterocycles. The van der Waals surface area contributed by atoms with Gasteiger partial charge in [-0.1, -0.05) is 19.0 Å². The van der Waals surface area contributed by atoms with Gasteiger partial charge in [-0.3, -0.25) is 4.79 Å². The van der Waals surface area contributed by atoms with Crippen LogP contribution in [0.3, 0.4) is 0 Å². The molecule has 0 aromatic carbocycles. The first-order chi connectivity index (χ1) is 8.97. The summed E-state index contributed by atoms with van der Waals surface area (Å²) in [6.45, 7) is 6.27. The Morgan fingerprint density at radius 1 is 1.53 bits per heavy atom. The highest BCUT2D eigenvalue weighted by molar-refractivity contribution is 5.96. The molecule has 1 atom stereocenters. The Labute approximate surface area is 113 Å². The number of aryl methyl sites for hydroxylation is 1. The SMILES string of the molecule is COCC(O)CCNC(=O)c1c(C)noc1C(C)C. The van der Waals surface area contributed by atoms with Crippen molar-refractivity contribution in [3.05, 3.63) is 17.0 Å². The Hall–Kier alpha value is -1.40. The molecule has 1 unspecified atom stereocenters. The lowest BCUT2D eigenvalue weighted by atomic mass is 10.0. The Morgan fingerprint density at radius 3 is 2.79 bits per heavy atom. The van der Waals surface area contributed by atoms with Gasteiger partial charge in [-0.15, -0.1) is 0 Å². The van der Waals surface area contributed by atoms with Crippen LogP contribution in [0.1, 0.15) is 48.0 Å². The number of hydrogen-bond donors (Lipinski definition) is 2. The van der Waals surface area contributed by atoms with E-state index in [2.05, 4.69) is 10.5 Å². The summed E-state index contributed by atoms with van der Waals surface area (Å²) in [5.74, 6) is 0.473. The topological polar surface area (TPSA) is 84.6 Å². The van der Waals surface area contributed by atoms with Crippen molar-refractivity contribution in [1.29, 1.82) is 0 Å². The van der Waals surface area contributed by atoms with Gasteiger partial charge in [0, 0.05) is 19.6 Å². The predicted molar refractivity (Wildman–Crippen MR) is 70.2 cm³/mol. The van der Waals surface area contributed by atoms with Crippen LogP contribution >= 0.6 is 0 Å². The lowest BCUT2D eigenvalue weighted by molar-refractivity contribution is 0.0587. The fraction of sp³-hybridized carbons (Fsp3) is 0.692. The van der Waals surface area contributed by atoms with Gasteiger partial charge < -0.3 is 19.7 Å². The highest BCUT2D eigenvalue weighted by Gasteiger charge is 2.22. The van der Waals surface area contributed by atoms with Crippen LogP contribution in [0.5, 0.6) is 0 Å². The second-order valence-electron chi connectivity index (χ2n) is 4.82. The second-order valence-corrected chi connectivity index (χ2v) is 4.82. The lowest BCUT2D eigenvalue weighted by Crippen LogP contribution is -2.29. The van der Waals surface area contributed by atoms with E-state index in [9.17, 15) is 9.90 Å². The Bertz CT molecular complexity index is 415. The first kappa shape index (κ1) is 15.7. The quantitative estimate of drug-likeness (QED) is 0.778. The summed E-state index contributed by atoms with van der Waals surface area (Å²) in [5, 5.41) is 16.1. The molecule has 2 N–H and O–H groups in total. The Balaban J connectivity index is 2.56. The largest absolute Gasteiger partial charge is 0.391 e. The van der Waals surface area contributed by atoms with Crippen molar-refractivity contribution >= 4 is 5.91 Å². The molecule has 0 aliphatic rings. The zero-order valence-corrected chi connectivity index (χ0v) is 11.9. The number of hydrogen-bond acceptors (Lipinski definition) is 5. The standard InChI is InChI=1S/C13H22N2O4/c1-8(2)12-11(9(3)15-19-12)13(17)14-6-5-10(16)7-18-4/h8,10,16H,5-7H2,1-4H3,(H,14,17). The molecule has 1 aromatic rings. The fourth-order valence-corrected chi connectivity index (χ4v) is 1.77. The van der Waals surface area contributed by atoms with E-state index in [1.807, 2.05) is 13.8 Å². The Morgan fingerprint density at radius 2 is 2.21 bits per heavy atom. The maximum Gasteiger partial charge on any atom is 0.256 e. The summed E-state index contributed by atoms with van der Waals surface area (Å²) >= 11 is 0. The normalized spacial score (nSPS) is 12.7. The molecule has 0 aliphatic heterocycles. The molecule has 0 fully saturated rings. The van der Waals surface area contributed by atoms with E-state index < -0.39 is 6.10 Å². The number of carbonyl (C=O) groups is 1. The maximum atomic E-state index is 12.1. The molecular weight excluding hydrogens is 248 g/mol. The number of carbonyl (C=O) groups excluding carboxylic acids is 1. The van der Waals surface area contributed by atoms with Gasteiger partial charge >= 0.3 is 0 Å². The smallest absolute Gasteiger partial charge is 0.256 e. The monoisotopic (exact) mass is 270 g/mol. The summed E-state index contributed by atoms with van der Waals surface area (Å²) in [7, 11) is 1.53. The van der Waals surface area contributed by atoms with E-state index in [-0.39, 0.29) is 18.4 Å². The highest BCUT2D eigenvalue weighted by Crippen LogP contribution is 2.21. The summed E-state index contributed by atoms with van der Waals surface area (Å²) < 4.78 is 9.98. The average Bonchev–Trinajstić information content (AvgIpc) is 2.71. The van der Waals surface area contributed by atoms with Crippen LogP contribution < -0.4 is 5.32 Å². The molecule has 0 spiro atoms. The van der Waals surface area contributed by atoms with Gasteiger partial charge in [0.25, 0.3) is 5.91 Å². The number of aliphatic hydroxyl groups is 1. The molecule has 1 rings (SSSR count). The van der Waals surface area contributed by atoms with Crippen LogP contribution in [-0.2, 0) is 4.74 Å². The van der Waals surface area contributed by atoms with Crippen molar-refractivity contribution in [2.24, 2.45) is 0 Å². The van der Waals surface area contributed by atoms with Gasteiger partial charge in [-0.2, -0.15) is 0 Å². The van der Waals surface area contributed by atoms with Crippen molar-refractivity contribution < 1.29 is 19.2 Å². The van der Waals surface area contributed by atoms with Gasteiger partial charge in [-0.05, 0) is 13.3 Å². The van der Waals surface area contributed by atoms with Crippen molar-refractivity contribution in [3.63, 3.8) is 0 Å². The zero-order valence-electron chi connectivity index (χ0n) is 11.9. The number of ether oxygens (including phenoxy) is 1. The van der Waals surface area contributed by atoms with Gasteiger partial charge in [0.15, 0.2) is 5.76 Å². The number of aliphatic hydroxyl groups excluding tert-OH is 1. The molecule has 19 heavy (non-hydrogen) atoms. The molecule has 0 saturated heterocycles. The number of nitrogens with one attached hydrogen (secondary N) is 1. The molecule has 0 bridgehead atoms. The van der Waals surface area contributed by atoms with Crippen LogP contribution in [0.25, 0.3) is 0 Å². The minimum atomic E-state index is -0.571. The molecule has 0 radical (unpaired) electrons. The highest BCUT2D eigenvalue weighted by atomic mass is 16.5. The van der Waals surface area contributed by atoms with Crippen molar-refractivity contribution in [2.45, 2.75) is 39.2 Å². The number of aromatic nitrogens is 1. The Kier molecular flexibility index (Phi) is 5.98. The summed E-state index contributed by atoms with van der Waals surface area (Å²) in [5.41, 5.74) is 1.08. The first-order valence-corrected chi connectivity index (χ1v) is 6.38. The number of rotatable bonds is 7. The van der Waals surface area contributed by atoms with Gasteiger partial charge in [0.1, 0.15) is 5.56 Å².